The van der Waals surface area contributed by atoms with Crippen molar-refractivity contribution in [2.45, 2.75) is 26.3 Å². The first-order valence-corrected chi connectivity index (χ1v) is 8.26. The summed E-state index contributed by atoms with van der Waals surface area (Å²) in [5.74, 6) is -0.816. The van der Waals surface area contributed by atoms with Crippen molar-refractivity contribution in [3.05, 3.63) is 33.9 Å². The molecule has 2 amide bonds. The van der Waals surface area contributed by atoms with Crippen LogP contribution >= 0.6 is 12.2 Å². The molecule has 0 aromatic heterocycles. The van der Waals surface area contributed by atoms with Crippen molar-refractivity contribution in [1.29, 1.82) is 0 Å². The van der Waals surface area contributed by atoms with Crippen LogP contribution in [0.25, 0.3) is 0 Å². The number of carbonyl (C=O) groups is 2. The number of non-ortho nitro benzene ring substituents is 1. The highest BCUT2D eigenvalue weighted by Gasteiger charge is 2.55. The SMILES string of the molecule is CC(C)N1C(=O)C2(Cc3cc([N+](=O)[O-])ccc3N(C)C2)C(=O)NC1=S. The average Bonchev–Trinajstić information content (AvgIpc) is 2.52. The molecule has 0 bridgehead atoms. The number of nitrogens with zero attached hydrogens (tertiary/aromatic N) is 3. The van der Waals surface area contributed by atoms with Gasteiger partial charge in [0.15, 0.2) is 5.11 Å². The van der Waals surface area contributed by atoms with Crippen molar-refractivity contribution < 1.29 is 14.5 Å². The lowest BCUT2D eigenvalue weighted by molar-refractivity contribution is -0.384. The van der Waals surface area contributed by atoms with Crippen LogP contribution in [0.15, 0.2) is 18.2 Å². The van der Waals surface area contributed by atoms with Gasteiger partial charge in [-0.25, -0.2) is 0 Å². The predicted octanol–water partition coefficient (Wildman–Crippen LogP) is 1.23. The van der Waals surface area contributed by atoms with E-state index in [1.807, 2.05) is 13.8 Å². The van der Waals surface area contributed by atoms with Gasteiger partial charge in [-0.15, -0.1) is 0 Å². The van der Waals surface area contributed by atoms with Gasteiger partial charge in [0.1, 0.15) is 5.41 Å². The number of nitrogens with one attached hydrogen (secondary N) is 1. The van der Waals surface area contributed by atoms with Gasteiger partial charge in [-0.2, -0.15) is 0 Å². The lowest BCUT2D eigenvalue weighted by Gasteiger charge is -2.47. The zero-order valence-corrected chi connectivity index (χ0v) is 14.9. The van der Waals surface area contributed by atoms with E-state index in [4.69, 9.17) is 12.2 Å². The topological polar surface area (TPSA) is 95.8 Å². The van der Waals surface area contributed by atoms with Crippen molar-refractivity contribution in [2.75, 3.05) is 18.5 Å². The summed E-state index contributed by atoms with van der Waals surface area (Å²) in [5, 5.41) is 13.8. The molecule has 132 valence electrons. The maximum Gasteiger partial charge on any atom is 0.269 e. The number of anilines is 1. The minimum atomic E-state index is -1.34. The van der Waals surface area contributed by atoms with Crippen LogP contribution in [0.5, 0.6) is 0 Å². The van der Waals surface area contributed by atoms with E-state index in [1.165, 1.54) is 17.0 Å². The highest BCUT2D eigenvalue weighted by molar-refractivity contribution is 7.80. The van der Waals surface area contributed by atoms with Gasteiger partial charge in [0.25, 0.3) is 5.69 Å². The van der Waals surface area contributed by atoms with Crippen molar-refractivity contribution in [3.8, 4) is 0 Å². The first-order valence-electron chi connectivity index (χ1n) is 7.85. The highest BCUT2D eigenvalue weighted by Crippen LogP contribution is 2.40. The zero-order valence-electron chi connectivity index (χ0n) is 14.1. The van der Waals surface area contributed by atoms with E-state index in [9.17, 15) is 19.7 Å². The van der Waals surface area contributed by atoms with Crippen LogP contribution in [0.4, 0.5) is 11.4 Å². The minimum Gasteiger partial charge on any atom is -0.373 e. The first-order chi connectivity index (χ1) is 11.7. The fourth-order valence-electron chi connectivity index (χ4n) is 3.53. The summed E-state index contributed by atoms with van der Waals surface area (Å²) in [5.41, 5.74) is -0.0306. The first kappa shape index (κ1) is 17.3. The van der Waals surface area contributed by atoms with Crippen LogP contribution < -0.4 is 10.2 Å². The molecule has 0 aliphatic carbocycles. The Kier molecular flexibility index (Phi) is 3.98. The number of fused-ring (bicyclic) bond motifs is 1. The van der Waals surface area contributed by atoms with Crippen LogP contribution in [-0.2, 0) is 16.0 Å². The maximum atomic E-state index is 13.2. The molecule has 9 heteroatoms. The van der Waals surface area contributed by atoms with Crippen LogP contribution in [0.3, 0.4) is 0 Å². The second-order valence-corrected chi connectivity index (χ2v) is 7.10. The number of hydrogen-bond acceptors (Lipinski definition) is 6. The van der Waals surface area contributed by atoms with E-state index in [-0.39, 0.29) is 35.7 Å². The van der Waals surface area contributed by atoms with E-state index in [1.54, 1.807) is 18.0 Å². The van der Waals surface area contributed by atoms with Gasteiger partial charge in [-0.05, 0) is 44.1 Å². The molecule has 3 rings (SSSR count). The smallest absolute Gasteiger partial charge is 0.269 e. The molecule has 8 nitrogen and oxygen atoms in total. The van der Waals surface area contributed by atoms with Gasteiger partial charge < -0.3 is 10.2 Å². The van der Waals surface area contributed by atoms with Gasteiger partial charge in [0.2, 0.25) is 11.8 Å². The minimum absolute atomic E-state index is 0.0656. The Bertz CT molecular complexity index is 809. The Balaban J connectivity index is 2.09. The third kappa shape index (κ3) is 2.55. The van der Waals surface area contributed by atoms with Crippen molar-refractivity contribution in [2.24, 2.45) is 5.41 Å². The second kappa shape index (κ2) is 5.76. The summed E-state index contributed by atoms with van der Waals surface area (Å²) in [6.45, 7) is 3.83. The van der Waals surface area contributed by atoms with Crippen molar-refractivity contribution in [3.63, 3.8) is 0 Å². The number of thiocarbonyl (C=S) groups is 1. The van der Waals surface area contributed by atoms with Crippen molar-refractivity contribution in [1.82, 2.24) is 10.2 Å². The summed E-state index contributed by atoms with van der Waals surface area (Å²) >= 11 is 5.14. The quantitative estimate of drug-likeness (QED) is 0.368. The molecule has 0 radical (unpaired) electrons. The molecule has 1 aromatic carbocycles. The van der Waals surface area contributed by atoms with Gasteiger partial charge in [-0.3, -0.25) is 24.6 Å². The summed E-state index contributed by atoms with van der Waals surface area (Å²) in [6, 6.07) is 4.30. The van der Waals surface area contributed by atoms with Crippen LogP contribution in [-0.4, -0.2) is 46.4 Å². The molecule has 25 heavy (non-hydrogen) atoms. The van der Waals surface area contributed by atoms with Crippen LogP contribution in [0.1, 0.15) is 19.4 Å². The third-order valence-corrected chi connectivity index (χ3v) is 5.00. The molecule has 1 atom stereocenters. The van der Waals surface area contributed by atoms with E-state index in [0.717, 1.165) is 5.69 Å². The standard InChI is InChI=1S/C16H18N4O4S/c1-9(2)19-14(22)16(13(21)17-15(19)25)7-10-6-11(20(23)24)4-5-12(10)18(3)8-16/h4-6,9H,7-8H2,1-3H3,(H,17,21,25). The van der Waals surface area contributed by atoms with Crippen LogP contribution in [0, 0.1) is 15.5 Å². The maximum absolute atomic E-state index is 13.2. The number of amides is 2. The number of rotatable bonds is 2. The third-order valence-electron chi connectivity index (χ3n) is 4.70. The Morgan fingerprint density at radius 2 is 2.04 bits per heavy atom. The Morgan fingerprint density at radius 1 is 1.36 bits per heavy atom. The van der Waals surface area contributed by atoms with Gasteiger partial charge in [0, 0.05) is 37.5 Å². The van der Waals surface area contributed by atoms with Crippen LogP contribution in [0.2, 0.25) is 0 Å². The fraction of sp³-hybridized carbons (Fsp3) is 0.438. The Hall–Kier alpha value is -2.55. The number of carbonyl (C=O) groups excluding carboxylic acids is 2. The monoisotopic (exact) mass is 362 g/mol. The number of nitro benzene ring substituents is 1. The molecule has 1 N–H and O–H groups in total. The zero-order chi connectivity index (χ0) is 18.5. The van der Waals surface area contributed by atoms with E-state index < -0.39 is 16.2 Å². The fourth-order valence-corrected chi connectivity index (χ4v) is 3.92. The molecular formula is C16H18N4O4S. The molecular weight excluding hydrogens is 344 g/mol. The van der Waals surface area contributed by atoms with Gasteiger partial charge in [-0.1, -0.05) is 0 Å². The van der Waals surface area contributed by atoms with E-state index in [0.29, 0.717) is 5.56 Å². The lowest BCUT2D eigenvalue weighted by Crippen LogP contribution is -2.69. The molecule has 1 saturated heterocycles. The number of nitro groups is 1. The largest absolute Gasteiger partial charge is 0.373 e. The molecule has 1 unspecified atom stereocenters. The van der Waals surface area contributed by atoms with Gasteiger partial charge >= 0.3 is 0 Å². The Morgan fingerprint density at radius 3 is 2.64 bits per heavy atom. The normalized spacial score (nSPS) is 23.1. The lowest BCUT2D eigenvalue weighted by atomic mass is 9.74. The molecule has 0 saturated carbocycles. The summed E-state index contributed by atoms with van der Waals surface area (Å²) in [7, 11) is 1.76. The Labute approximate surface area is 149 Å². The highest BCUT2D eigenvalue weighted by atomic mass is 32.1. The van der Waals surface area contributed by atoms with Crippen molar-refractivity contribution >= 4 is 40.5 Å². The second-order valence-electron chi connectivity index (χ2n) is 6.71. The molecule has 1 spiro atoms. The number of benzene rings is 1. The molecule has 2 heterocycles. The molecule has 2 aliphatic heterocycles. The summed E-state index contributed by atoms with van der Waals surface area (Å²) < 4.78 is 0. The van der Waals surface area contributed by atoms with E-state index >= 15 is 0 Å². The van der Waals surface area contributed by atoms with Gasteiger partial charge in [0.05, 0.1) is 4.92 Å². The summed E-state index contributed by atoms with van der Waals surface area (Å²) in [6.07, 6.45) is 0.102. The summed E-state index contributed by atoms with van der Waals surface area (Å²) in [4.78, 5) is 39.7. The predicted molar refractivity (Wildman–Crippen MR) is 95.2 cm³/mol. The number of hydrogen-bond donors (Lipinski definition) is 1. The average molecular weight is 362 g/mol. The molecule has 1 aromatic rings. The van der Waals surface area contributed by atoms with E-state index in [2.05, 4.69) is 5.32 Å². The molecule has 2 aliphatic rings. The molecule has 1 fully saturated rings.